The van der Waals surface area contributed by atoms with Crippen molar-refractivity contribution < 1.29 is 28.4 Å². The number of rotatable bonds is 18. The van der Waals surface area contributed by atoms with Gasteiger partial charge >= 0.3 is 0 Å². The van der Waals surface area contributed by atoms with E-state index in [2.05, 4.69) is 77.9 Å². The number of hydrogen-bond donors (Lipinski definition) is 0. The van der Waals surface area contributed by atoms with E-state index in [1.165, 1.54) is 5.56 Å². The van der Waals surface area contributed by atoms with Crippen molar-refractivity contribution in [3.8, 4) is 11.5 Å². The minimum Gasteiger partial charge on any atom is -0.487 e. The SMILES string of the molecule is CC(C)(C)c1cc(OCCOCCOCc2ccccc2)c(OCCOCCOCc2ccccc2)c(C(C)(C)C)c1. The van der Waals surface area contributed by atoms with Crippen LogP contribution in [0.3, 0.4) is 0 Å². The zero-order valence-corrected chi connectivity index (χ0v) is 26.4. The highest BCUT2D eigenvalue weighted by Gasteiger charge is 2.27. The Morgan fingerprint density at radius 1 is 0.476 bits per heavy atom. The van der Waals surface area contributed by atoms with Crippen LogP contribution in [0.25, 0.3) is 0 Å². The Labute approximate surface area is 253 Å². The molecule has 0 aliphatic carbocycles. The average Bonchev–Trinajstić information content (AvgIpc) is 2.96. The first kappa shape index (κ1) is 33.6. The lowest BCUT2D eigenvalue weighted by molar-refractivity contribution is 0.0272. The van der Waals surface area contributed by atoms with Gasteiger partial charge in [0.15, 0.2) is 11.5 Å². The van der Waals surface area contributed by atoms with E-state index in [1.54, 1.807) is 0 Å². The molecule has 230 valence electrons. The van der Waals surface area contributed by atoms with Crippen LogP contribution >= 0.6 is 0 Å². The fourth-order valence-corrected chi connectivity index (χ4v) is 4.23. The smallest absolute Gasteiger partial charge is 0.165 e. The quantitative estimate of drug-likeness (QED) is 0.146. The van der Waals surface area contributed by atoms with Crippen molar-refractivity contribution in [3.05, 3.63) is 95.1 Å². The van der Waals surface area contributed by atoms with Gasteiger partial charge < -0.3 is 28.4 Å². The minimum atomic E-state index is -0.132. The molecule has 0 N–H and O–H groups in total. The molecule has 0 heterocycles. The summed E-state index contributed by atoms with van der Waals surface area (Å²) in [6.07, 6.45) is 0. The second-order valence-corrected chi connectivity index (χ2v) is 12.3. The second-order valence-electron chi connectivity index (χ2n) is 12.3. The maximum absolute atomic E-state index is 6.34. The van der Waals surface area contributed by atoms with Crippen LogP contribution in [0.4, 0.5) is 0 Å². The lowest BCUT2D eigenvalue weighted by atomic mass is 9.80. The molecular formula is C36H50O6. The van der Waals surface area contributed by atoms with Gasteiger partial charge in [-0.3, -0.25) is 0 Å². The third kappa shape index (κ3) is 12.1. The van der Waals surface area contributed by atoms with Crippen LogP contribution in [0.5, 0.6) is 11.5 Å². The summed E-state index contributed by atoms with van der Waals surface area (Å²) < 4.78 is 35.6. The Morgan fingerprint density at radius 3 is 1.40 bits per heavy atom. The fraction of sp³-hybridized carbons (Fsp3) is 0.500. The molecule has 0 bridgehead atoms. The highest BCUT2D eigenvalue weighted by molar-refractivity contribution is 5.53. The summed E-state index contributed by atoms with van der Waals surface area (Å²) in [5.74, 6) is 1.51. The van der Waals surface area contributed by atoms with E-state index in [1.807, 2.05) is 36.4 Å². The predicted octanol–water partition coefficient (Wildman–Crippen LogP) is 7.51. The summed E-state index contributed by atoms with van der Waals surface area (Å²) in [6, 6.07) is 24.6. The second kappa shape index (κ2) is 17.3. The standard InChI is InChI=1S/C36H50O6/c1-35(2,3)31-25-32(36(4,5)6)34(42-24-22-38-18-20-40-28-30-15-11-8-12-16-30)33(26-31)41-23-21-37-17-19-39-27-29-13-9-7-10-14-29/h7-16,25-26H,17-24,27-28H2,1-6H3. The highest BCUT2D eigenvalue weighted by Crippen LogP contribution is 2.42. The molecule has 0 radical (unpaired) electrons. The van der Waals surface area contributed by atoms with Crippen molar-refractivity contribution in [1.82, 2.24) is 0 Å². The molecule has 42 heavy (non-hydrogen) atoms. The van der Waals surface area contributed by atoms with Crippen molar-refractivity contribution in [2.75, 3.05) is 52.9 Å². The molecule has 0 saturated carbocycles. The van der Waals surface area contributed by atoms with Crippen molar-refractivity contribution in [1.29, 1.82) is 0 Å². The predicted molar refractivity (Wildman–Crippen MR) is 169 cm³/mol. The normalized spacial score (nSPS) is 12.0. The molecule has 6 heteroatoms. The van der Waals surface area contributed by atoms with Gasteiger partial charge in [0.05, 0.1) is 52.9 Å². The first-order valence-corrected chi connectivity index (χ1v) is 15.0. The van der Waals surface area contributed by atoms with Gasteiger partial charge in [0.2, 0.25) is 0 Å². The largest absolute Gasteiger partial charge is 0.487 e. The molecule has 3 aromatic carbocycles. The van der Waals surface area contributed by atoms with Crippen molar-refractivity contribution in [2.45, 2.75) is 65.6 Å². The Bertz CT molecular complexity index is 1150. The van der Waals surface area contributed by atoms with E-state index in [0.717, 1.165) is 28.2 Å². The molecule has 0 spiro atoms. The molecule has 0 fully saturated rings. The molecule has 0 atom stereocenters. The summed E-state index contributed by atoms with van der Waals surface area (Å²) >= 11 is 0. The van der Waals surface area contributed by atoms with Crippen molar-refractivity contribution in [2.24, 2.45) is 0 Å². The van der Waals surface area contributed by atoms with Gasteiger partial charge in [-0.15, -0.1) is 0 Å². The minimum absolute atomic E-state index is 0.0356. The van der Waals surface area contributed by atoms with E-state index in [9.17, 15) is 0 Å². The molecule has 0 aliphatic heterocycles. The van der Waals surface area contributed by atoms with Gasteiger partial charge in [-0.2, -0.15) is 0 Å². The van der Waals surface area contributed by atoms with Crippen molar-refractivity contribution >= 4 is 0 Å². The molecular weight excluding hydrogens is 528 g/mol. The van der Waals surface area contributed by atoms with Crippen LogP contribution < -0.4 is 9.47 Å². The Morgan fingerprint density at radius 2 is 0.929 bits per heavy atom. The number of ether oxygens (including phenoxy) is 6. The van der Waals surface area contributed by atoms with Gasteiger partial charge in [-0.1, -0.05) is 108 Å². The van der Waals surface area contributed by atoms with Crippen LogP contribution in [-0.4, -0.2) is 52.9 Å². The maximum Gasteiger partial charge on any atom is 0.165 e. The average molecular weight is 579 g/mol. The number of hydrogen-bond acceptors (Lipinski definition) is 6. The molecule has 0 aliphatic rings. The number of benzene rings is 3. The van der Waals surface area contributed by atoms with Gasteiger partial charge in [0, 0.05) is 5.56 Å². The Hall–Kier alpha value is -2.90. The zero-order valence-electron chi connectivity index (χ0n) is 26.4. The van der Waals surface area contributed by atoms with E-state index in [4.69, 9.17) is 28.4 Å². The first-order chi connectivity index (χ1) is 20.1. The van der Waals surface area contributed by atoms with Gasteiger partial charge in [0.1, 0.15) is 13.2 Å². The van der Waals surface area contributed by atoms with E-state index in [-0.39, 0.29) is 10.8 Å². The van der Waals surface area contributed by atoms with Crippen molar-refractivity contribution in [3.63, 3.8) is 0 Å². The van der Waals surface area contributed by atoms with Crippen LogP contribution in [0, 0.1) is 0 Å². The van der Waals surface area contributed by atoms with Gasteiger partial charge in [0.25, 0.3) is 0 Å². The molecule has 0 amide bonds. The van der Waals surface area contributed by atoms with Gasteiger partial charge in [-0.25, -0.2) is 0 Å². The lowest BCUT2D eigenvalue weighted by Crippen LogP contribution is -2.20. The third-order valence-electron chi connectivity index (χ3n) is 6.66. The zero-order chi connectivity index (χ0) is 30.3. The molecule has 3 rings (SSSR count). The Kier molecular flexibility index (Phi) is 13.8. The Balaban J connectivity index is 1.49. The molecule has 6 nitrogen and oxygen atoms in total. The molecule has 3 aromatic rings. The van der Waals surface area contributed by atoms with Crippen LogP contribution in [0.2, 0.25) is 0 Å². The highest BCUT2D eigenvalue weighted by atomic mass is 16.6. The summed E-state index contributed by atoms with van der Waals surface area (Å²) in [5.41, 5.74) is 4.47. The van der Waals surface area contributed by atoms with Gasteiger partial charge in [-0.05, 0) is 33.6 Å². The van der Waals surface area contributed by atoms with E-state index >= 15 is 0 Å². The fourth-order valence-electron chi connectivity index (χ4n) is 4.23. The summed E-state index contributed by atoms with van der Waals surface area (Å²) in [6.45, 7) is 18.3. The monoisotopic (exact) mass is 578 g/mol. The molecule has 0 saturated heterocycles. The van der Waals surface area contributed by atoms with E-state index in [0.29, 0.717) is 66.1 Å². The third-order valence-corrected chi connectivity index (χ3v) is 6.66. The summed E-state index contributed by atoms with van der Waals surface area (Å²) in [7, 11) is 0. The van der Waals surface area contributed by atoms with Crippen LogP contribution in [0.15, 0.2) is 72.8 Å². The van der Waals surface area contributed by atoms with Crippen LogP contribution in [-0.2, 0) is 43.0 Å². The summed E-state index contributed by atoms with van der Waals surface area (Å²) in [4.78, 5) is 0. The topological polar surface area (TPSA) is 55.4 Å². The van der Waals surface area contributed by atoms with Crippen LogP contribution in [0.1, 0.15) is 63.8 Å². The summed E-state index contributed by atoms with van der Waals surface area (Å²) in [5, 5.41) is 0. The van der Waals surface area contributed by atoms with E-state index < -0.39 is 0 Å². The maximum atomic E-state index is 6.34. The lowest BCUT2D eigenvalue weighted by Gasteiger charge is -2.29. The first-order valence-electron chi connectivity index (χ1n) is 15.0. The molecule has 0 aromatic heterocycles. The molecule has 0 unspecified atom stereocenters.